The summed E-state index contributed by atoms with van der Waals surface area (Å²) in [5.41, 5.74) is 9.07. The van der Waals surface area contributed by atoms with Gasteiger partial charge < -0.3 is 15.2 Å². The number of nitrogen functional groups attached to an aromatic ring is 1. The van der Waals surface area contributed by atoms with Gasteiger partial charge in [-0.15, -0.1) is 0 Å². The Bertz CT molecular complexity index is 1400. The van der Waals surface area contributed by atoms with Crippen LogP contribution in [-0.2, 0) is 22.1 Å². The number of hydrogen-bond acceptors (Lipinski definition) is 6. The van der Waals surface area contributed by atoms with E-state index >= 15 is 0 Å². The maximum atomic E-state index is 12.9. The number of anilines is 1. The van der Waals surface area contributed by atoms with Crippen LogP contribution < -0.4 is 10.5 Å². The molecule has 2 N–H and O–H groups in total. The summed E-state index contributed by atoms with van der Waals surface area (Å²) in [6.45, 7) is 4.31. The molecular weight excluding hydrogens is 483 g/mol. The molecule has 2 aromatic heterocycles. The largest absolute Gasteiger partial charge is 0.491 e. The van der Waals surface area contributed by atoms with Gasteiger partial charge in [0.05, 0.1) is 18.7 Å². The van der Waals surface area contributed by atoms with Crippen LogP contribution >= 0.6 is 8.46 Å². The highest BCUT2D eigenvalue weighted by Crippen LogP contribution is 2.30. The standard InChI is InChI=1S/C27H28F2N3O3P/c1-17-3-8-22-23-15-19(16-31-25(23)26(30)32-24(22)13-17)4-5-20-6-7-21(14-18(20)2)35-12-11-34-10-9-27(28,29)36-33/h3,6-8,13-16H,4-5,9-12H2,1-2H3,(H2,30,32). The van der Waals surface area contributed by atoms with Crippen molar-refractivity contribution in [2.75, 3.05) is 25.6 Å². The normalized spacial score (nSPS) is 12.0. The smallest absolute Gasteiger partial charge is 0.327 e. The van der Waals surface area contributed by atoms with Crippen LogP contribution in [0.5, 0.6) is 5.75 Å². The number of nitrogens with two attached hydrogens (primary N) is 1. The van der Waals surface area contributed by atoms with Crippen molar-refractivity contribution < 1.29 is 22.8 Å². The van der Waals surface area contributed by atoms with Gasteiger partial charge in [0.25, 0.3) is 0 Å². The van der Waals surface area contributed by atoms with E-state index in [2.05, 4.69) is 28.2 Å². The van der Waals surface area contributed by atoms with Crippen LogP contribution in [0.2, 0.25) is 0 Å². The average molecular weight is 512 g/mol. The molecule has 0 bridgehead atoms. The van der Waals surface area contributed by atoms with Crippen LogP contribution in [0.25, 0.3) is 21.8 Å². The first-order valence-electron chi connectivity index (χ1n) is 11.7. The van der Waals surface area contributed by atoms with E-state index in [1.165, 1.54) is 5.56 Å². The third kappa shape index (κ3) is 6.31. The van der Waals surface area contributed by atoms with Gasteiger partial charge >= 0.3 is 5.66 Å². The summed E-state index contributed by atoms with van der Waals surface area (Å²) >= 11 is 0. The van der Waals surface area contributed by atoms with Crippen molar-refractivity contribution in [3.63, 3.8) is 0 Å². The van der Waals surface area contributed by atoms with Crippen LogP contribution in [0.4, 0.5) is 14.6 Å². The molecule has 6 nitrogen and oxygen atoms in total. The lowest BCUT2D eigenvalue weighted by Gasteiger charge is -2.12. The Kier molecular flexibility index (Phi) is 8.07. The first-order valence-corrected chi connectivity index (χ1v) is 12.5. The predicted molar refractivity (Wildman–Crippen MR) is 138 cm³/mol. The van der Waals surface area contributed by atoms with E-state index in [1.807, 2.05) is 44.3 Å². The fourth-order valence-corrected chi connectivity index (χ4v) is 4.26. The molecule has 2 heterocycles. The van der Waals surface area contributed by atoms with Crippen molar-refractivity contribution in [3.8, 4) is 5.75 Å². The minimum absolute atomic E-state index is 0.175. The molecule has 0 amide bonds. The first-order chi connectivity index (χ1) is 17.3. The molecule has 0 aliphatic rings. The number of aryl methyl sites for hydroxylation is 4. The second-order valence-corrected chi connectivity index (χ2v) is 9.65. The molecular formula is C27H28F2N3O3P. The summed E-state index contributed by atoms with van der Waals surface area (Å²) in [5.74, 6) is 1.13. The van der Waals surface area contributed by atoms with E-state index in [0.717, 1.165) is 51.3 Å². The maximum Gasteiger partial charge on any atom is 0.327 e. The Morgan fingerprint density at radius 3 is 2.61 bits per heavy atom. The van der Waals surface area contributed by atoms with E-state index in [0.29, 0.717) is 11.6 Å². The Hall–Kier alpha value is -3.22. The SMILES string of the molecule is Cc1ccc2c(c1)nc(N)c1ncc(CCc3ccc(OCCOCCC(F)(F)P=O)cc3C)cc12. The van der Waals surface area contributed by atoms with Gasteiger partial charge in [-0.05, 0) is 73.2 Å². The summed E-state index contributed by atoms with van der Waals surface area (Å²) in [6, 6.07) is 14.2. The van der Waals surface area contributed by atoms with Gasteiger partial charge in [-0.1, -0.05) is 18.2 Å². The fraction of sp³-hybridized carbons (Fsp3) is 0.333. The Morgan fingerprint density at radius 2 is 1.83 bits per heavy atom. The molecule has 9 heteroatoms. The van der Waals surface area contributed by atoms with Gasteiger partial charge in [-0.25, -0.2) is 4.98 Å². The molecule has 2 aromatic carbocycles. The van der Waals surface area contributed by atoms with Crippen molar-refractivity contribution in [1.82, 2.24) is 9.97 Å². The molecule has 0 aliphatic heterocycles. The van der Waals surface area contributed by atoms with E-state index in [1.54, 1.807) is 0 Å². The number of rotatable bonds is 11. The van der Waals surface area contributed by atoms with Crippen molar-refractivity contribution in [1.29, 1.82) is 0 Å². The summed E-state index contributed by atoms with van der Waals surface area (Å²) in [6.07, 6.45) is 2.94. The lowest BCUT2D eigenvalue weighted by atomic mass is 9.99. The lowest BCUT2D eigenvalue weighted by Crippen LogP contribution is -2.13. The van der Waals surface area contributed by atoms with Gasteiger partial charge in [0, 0.05) is 23.4 Å². The zero-order chi connectivity index (χ0) is 25.7. The number of aromatic nitrogens is 2. The second kappa shape index (κ2) is 11.2. The van der Waals surface area contributed by atoms with E-state index < -0.39 is 20.5 Å². The van der Waals surface area contributed by atoms with Crippen LogP contribution in [0.15, 0.2) is 48.7 Å². The van der Waals surface area contributed by atoms with Gasteiger partial charge in [-0.2, -0.15) is 8.78 Å². The van der Waals surface area contributed by atoms with Crippen LogP contribution in [-0.4, -0.2) is 35.5 Å². The topological polar surface area (TPSA) is 87.3 Å². The average Bonchev–Trinajstić information content (AvgIpc) is 2.85. The summed E-state index contributed by atoms with van der Waals surface area (Å²) in [5, 5.41) is 2.05. The van der Waals surface area contributed by atoms with Gasteiger partial charge in [-0.3, -0.25) is 9.55 Å². The molecule has 4 rings (SSSR count). The Morgan fingerprint density at radius 1 is 1.00 bits per heavy atom. The predicted octanol–water partition coefficient (Wildman–Crippen LogP) is 6.44. The molecule has 0 spiro atoms. The fourth-order valence-electron chi connectivity index (χ4n) is 4.08. The van der Waals surface area contributed by atoms with E-state index in [-0.39, 0.29) is 19.8 Å². The minimum Gasteiger partial charge on any atom is -0.491 e. The Labute approximate surface area is 210 Å². The molecule has 36 heavy (non-hydrogen) atoms. The van der Waals surface area contributed by atoms with Gasteiger partial charge in [0.15, 0.2) is 5.82 Å². The number of fused-ring (bicyclic) bond motifs is 3. The zero-order valence-electron chi connectivity index (χ0n) is 20.3. The number of benzene rings is 2. The van der Waals surface area contributed by atoms with Gasteiger partial charge in [0.2, 0.25) is 8.46 Å². The summed E-state index contributed by atoms with van der Waals surface area (Å²) in [7, 11) is -1.18. The Balaban J connectivity index is 1.35. The first kappa shape index (κ1) is 25.9. The van der Waals surface area contributed by atoms with Crippen LogP contribution in [0.1, 0.15) is 28.7 Å². The molecule has 0 aliphatic carbocycles. The van der Waals surface area contributed by atoms with Gasteiger partial charge in [0.1, 0.15) is 17.9 Å². The van der Waals surface area contributed by atoms with Crippen molar-refractivity contribution in [2.24, 2.45) is 0 Å². The van der Waals surface area contributed by atoms with Crippen LogP contribution in [0.3, 0.4) is 0 Å². The van der Waals surface area contributed by atoms with E-state index in [9.17, 15) is 13.3 Å². The highest BCUT2D eigenvalue weighted by Gasteiger charge is 2.28. The number of nitrogens with zero attached hydrogens (tertiary/aromatic N) is 2. The van der Waals surface area contributed by atoms with Crippen molar-refractivity contribution in [2.45, 2.75) is 38.8 Å². The molecule has 0 radical (unpaired) electrons. The third-order valence-electron chi connectivity index (χ3n) is 6.05. The van der Waals surface area contributed by atoms with E-state index in [4.69, 9.17) is 15.2 Å². The quantitative estimate of drug-likeness (QED) is 0.142. The minimum atomic E-state index is -3.24. The molecule has 188 valence electrons. The molecule has 0 unspecified atom stereocenters. The lowest BCUT2D eigenvalue weighted by molar-refractivity contribution is 0.0303. The highest BCUT2D eigenvalue weighted by atomic mass is 31.1. The molecule has 0 saturated heterocycles. The second-order valence-electron chi connectivity index (χ2n) is 8.81. The number of ether oxygens (including phenoxy) is 2. The molecule has 4 aromatic rings. The molecule has 0 fully saturated rings. The van der Waals surface area contributed by atoms with Crippen LogP contribution in [0, 0.1) is 13.8 Å². The molecule has 0 atom stereocenters. The number of hydrogen-bond donors (Lipinski definition) is 1. The number of alkyl halides is 2. The van der Waals surface area contributed by atoms with Crippen molar-refractivity contribution >= 4 is 36.1 Å². The third-order valence-corrected chi connectivity index (χ3v) is 6.54. The summed E-state index contributed by atoms with van der Waals surface area (Å²) in [4.78, 5) is 9.11. The molecule has 0 saturated carbocycles. The monoisotopic (exact) mass is 511 g/mol. The maximum absolute atomic E-state index is 12.9. The van der Waals surface area contributed by atoms with Crippen molar-refractivity contribution in [3.05, 3.63) is 70.9 Å². The number of halogens is 2. The zero-order valence-corrected chi connectivity index (χ0v) is 21.2. The number of pyridine rings is 2. The summed E-state index contributed by atoms with van der Waals surface area (Å²) < 4.78 is 46.9. The highest BCUT2D eigenvalue weighted by molar-refractivity contribution is 7.25.